The highest BCUT2D eigenvalue weighted by Crippen LogP contribution is 2.52. The molecule has 0 radical (unpaired) electrons. The zero-order chi connectivity index (χ0) is 16.7. The standard InChI is InChI=1S/C19H17Cl2NO2/c20-19(21)9-12(19)10-22-18(23)24-11-17-15-7-3-1-5-13(15)14-6-2-4-8-16(14)17/h1-8,12,17H,9-11H2,(H,22,23)/t12-/m1/s1. The number of alkyl carbamates (subject to hydrolysis) is 1. The van der Waals surface area contributed by atoms with Gasteiger partial charge < -0.3 is 10.1 Å². The number of hydrogen-bond acceptors (Lipinski definition) is 2. The van der Waals surface area contributed by atoms with Crippen LogP contribution in [0.5, 0.6) is 0 Å². The van der Waals surface area contributed by atoms with Crippen molar-refractivity contribution >= 4 is 29.3 Å². The summed E-state index contributed by atoms with van der Waals surface area (Å²) in [6, 6.07) is 16.5. The lowest BCUT2D eigenvalue weighted by Crippen LogP contribution is -2.28. The van der Waals surface area contributed by atoms with Gasteiger partial charge in [-0.3, -0.25) is 0 Å². The third kappa shape index (κ3) is 2.87. The van der Waals surface area contributed by atoms with Crippen molar-refractivity contribution in [2.24, 2.45) is 5.92 Å². The average molecular weight is 362 g/mol. The second kappa shape index (κ2) is 5.98. The first kappa shape index (κ1) is 15.8. The first-order chi connectivity index (χ1) is 11.6. The Morgan fingerprint density at radius 3 is 2.17 bits per heavy atom. The third-order valence-electron chi connectivity index (χ3n) is 4.79. The van der Waals surface area contributed by atoms with Gasteiger partial charge in [0.2, 0.25) is 0 Å². The minimum absolute atomic E-state index is 0.0734. The van der Waals surface area contributed by atoms with Gasteiger partial charge in [0.15, 0.2) is 0 Å². The second-order valence-corrected chi connectivity index (χ2v) is 7.91. The van der Waals surface area contributed by atoms with Gasteiger partial charge in [0.25, 0.3) is 0 Å². The largest absolute Gasteiger partial charge is 0.449 e. The number of amides is 1. The van der Waals surface area contributed by atoms with Crippen LogP contribution in [0, 0.1) is 5.92 Å². The summed E-state index contributed by atoms with van der Waals surface area (Å²) in [5.41, 5.74) is 4.84. The molecule has 24 heavy (non-hydrogen) atoms. The Balaban J connectivity index is 1.42. The van der Waals surface area contributed by atoms with Crippen LogP contribution in [0.15, 0.2) is 48.5 Å². The molecular formula is C19H17Cl2NO2. The van der Waals surface area contributed by atoms with Crippen molar-refractivity contribution in [3.05, 3.63) is 59.7 Å². The summed E-state index contributed by atoms with van der Waals surface area (Å²) in [6.45, 7) is 0.765. The molecule has 2 aliphatic carbocycles. The Hall–Kier alpha value is -1.71. The van der Waals surface area contributed by atoms with Crippen LogP contribution >= 0.6 is 23.2 Å². The van der Waals surface area contributed by atoms with Gasteiger partial charge in [-0.05, 0) is 28.7 Å². The van der Waals surface area contributed by atoms with Crippen LogP contribution in [-0.4, -0.2) is 23.6 Å². The van der Waals surface area contributed by atoms with E-state index in [4.69, 9.17) is 27.9 Å². The lowest BCUT2D eigenvalue weighted by atomic mass is 9.98. The van der Waals surface area contributed by atoms with Crippen LogP contribution in [0.2, 0.25) is 0 Å². The average Bonchev–Trinajstić information content (AvgIpc) is 3.08. The second-order valence-electron chi connectivity index (χ2n) is 6.37. The van der Waals surface area contributed by atoms with Gasteiger partial charge in [0.05, 0.1) is 0 Å². The van der Waals surface area contributed by atoms with E-state index in [1.807, 2.05) is 24.3 Å². The molecule has 2 aromatic rings. The maximum absolute atomic E-state index is 11.9. The fraction of sp³-hybridized carbons (Fsp3) is 0.316. The number of carbonyl (C=O) groups is 1. The smallest absolute Gasteiger partial charge is 0.407 e. The van der Waals surface area contributed by atoms with Gasteiger partial charge in [-0.1, -0.05) is 48.5 Å². The quantitative estimate of drug-likeness (QED) is 0.800. The molecular weight excluding hydrogens is 345 g/mol. The molecule has 0 aliphatic heterocycles. The minimum atomic E-state index is -0.684. The monoisotopic (exact) mass is 361 g/mol. The number of alkyl halides is 2. The fourth-order valence-electron chi connectivity index (χ4n) is 3.35. The molecule has 4 rings (SSSR count). The van der Waals surface area contributed by atoms with E-state index in [2.05, 4.69) is 29.6 Å². The molecule has 1 saturated carbocycles. The topological polar surface area (TPSA) is 38.3 Å². The van der Waals surface area contributed by atoms with E-state index < -0.39 is 10.4 Å². The van der Waals surface area contributed by atoms with Crippen molar-refractivity contribution in [1.29, 1.82) is 0 Å². The van der Waals surface area contributed by atoms with Crippen LogP contribution in [0.1, 0.15) is 23.5 Å². The van der Waals surface area contributed by atoms with Crippen molar-refractivity contribution in [1.82, 2.24) is 5.32 Å². The van der Waals surface area contributed by atoms with Crippen molar-refractivity contribution in [2.45, 2.75) is 16.7 Å². The number of halogens is 2. The zero-order valence-electron chi connectivity index (χ0n) is 13.0. The Morgan fingerprint density at radius 2 is 1.62 bits per heavy atom. The maximum Gasteiger partial charge on any atom is 0.407 e. The molecule has 0 bridgehead atoms. The van der Waals surface area contributed by atoms with Crippen LogP contribution in [0.25, 0.3) is 11.1 Å². The Bertz CT molecular complexity index is 745. The number of ether oxygens (including phenoxy) is 1. The molecule has 1 N–H and O–H groups in total. The third-order valence-corrected chi connectivity index (χ3v) is 5.72. The van der Waals surface area contributed by atoms with Crippen LogP contribution in [0.4, 0.5) is 4.79 Å². The van der Waals surface area contributed by atoms with Crippen molar-refractivity contribution in [2.75, 3.05) is 13.2 Å². The molecule has 1 fully saturated rings. The van der Waals surface area contributed by atoms with Gasteiger partial charge in [0, 0.05) is 18.4 Å². The fourth-order valence-corrected chi connectivity index (χ4v) is 3.87. The maximum atomic E-state index is 11.9. The Morgan fingerprint density at radius 1 is 1.08 bits per heavy atom. The van der Waals surface area contributed by atoms with Gasteiger partial charge in [0.1, 0.15) is 10.9 Å². The zero-order valence-corrected chi connectivity index (χ0v) is 14.5. The molecule has 2 aliphatic rings. The predicted octanol–water partition coefficient (Wildman–Crippen LogP) is 4.72. The van der Waals surface area contributed by atoms with Crippen molar-refractivity contribution in [3.63, 3.8) is 0 Å². The molecule has 5 heteroatoms. The highest BCUT2D eigenvalue weighted by Gasteiger charge is 2.51. The van der Waals surface area contributed by atoms with E-state index in [1.54, 1.807) is 0 Å². The number of carbonyl (C=O) groups excluding carboxylic acids is 1. The van der Waals surface area contributed by atoms with E-state index in [-0.39, 0.29) is 11.8 Å². The molecule has 1 atom stereocenters. The summed E-state index contributed by atoms with van der Waals surface area (Å²) in [7, 11) is 0. The minimum Gasteiger partial charge on any atom is -0.449 e. The van der Waals surface area contributed by atoms with Crippen LogP contribution < -0.4 is 5.32 Å². The number of benzene rings is 2. The van der Waals surface area contributed by atoms with Crippen molar-refractivity contribution in [3.8, 4) is 11.1 Å². The highest BCUT2D eigenvalue weighted by molar-refractivity contribution is 6.50. The summed E-state index contributed by atoms with van der Waals surface area (Å²) in [5, 5.41) is 2.74. The summed E-state index contributed by atoms with van der Waals surface area (Å²) in [5.74, 6) is 0.186. The number of fused-ring (bicyclic) bond motifs is 3. The number of nitrogens with one attached hydrogen (secondary N) is 1. The van der Waals surface area contributed by atoms with Gasteiger partial charge in [-0.25, -0.2) is 4.79 Å². The van der Waals surface area contributed by atoms with E-state index in [1.165, 1.54) is 22.3 Å². The molecule has 124 valence electrons. The normalized spacial score (nSPS) is 20.2. The molecule has 2 aromatic carbocycles. The SMILES string of the molecule is O=C(NC[C@H]1CC1(Cl)Cl)OCC1c2ccccc2-c2ccccc21. The lowest BCUT2D eigenvalue weighted by Gasteiger charge is -2.14. The van der Waals surface area contributed by atoms with Gasteiger partial charge in [-0.15, -0.1) is 23.2 Å². The van der Waals surface area contributed by atoms with E-state index in [0.717, 1.165) is 0 Å². The molecule has 3 nitrogen and oxygen atoms in total. The molecule has 0 heterocycles. The van der Waals surface area contributed by atoms with Gasteiger partial charge >= 0.3 is 6.09 Å². The molecule has 0 saturated heterocycles. The van der Waals surface area contributed by atoms with Gasteiger partial charge in [-0.2, -0.15) is 0 Å². The Kier molecular flexibility index (Phi) is 3.93. The summed E-state index contributed by atoms with van der Waals surface area (Å²) >= 11 is 11.9. The number of rotatable bonds is 4. The summed E-state index contributed by atoms with van der Waals surface area (Å²) < 4.78 is 4.77. The predicted molar refractivity (Wildman–Crippen MR) is 95.6 cm³/mol. The molecule has 1 amide bonds. The lowest BCUT2D eigenvalue weighted by molar-refractivity contribution is 0.142. The van der Waals surface area contributed by atoms with E-state index in [9.17, 15) is 4.79 Å². The van der Waals surface area contributed by atoms with Crippen LogP contribution in [-0.2, 0) is 4.74 Å². The molecule has 0 aromatic heterocycles. The Labute approximate surface area is 150 Å². The summed E-state index contributed by atoms with van der Waals surface area (Å²) in [4.78, 5) is 11.9. The first-order valence-electron chi connectivity index (χ1n) is 8.03. The first-order valence-corrected chi connectivity index (χ1v) is 8.78. The highest BCUT2D eigenvalue weighted by atomic mass is 35.5. The number of hydrogen-bond donors (Lipinski definition) is 1. The summed E-state index contributed by atoms with van der Waals surface area (Å²) in [6.07, 6.45) is 0.285. The van der Waals surface area contributed by atoms with Crippen LogP contribution in [0.3, 0.4) is 0 Å². The van der Waals surface area contributed by atoms with Crippen molar-refractivity contribution < 1.29 is 9.53 Å². The van der Waals surface area contributed by atoms with E-state index >= 15 is 0 Å². The van der Waals surface area contributed by atoms with E-state index in [0.29, 0.717) is 19.6 Å². The molecule has 0 spiro atoms. The molecule has 0 unspecified atom stereocenters.